The number of amides is 2. The molecule has 0 radical (unpaired) electrons. The van der Waals surface area contributed by atoms with Crippen molar-refractivity contribution >= 4 is 12.0 Å². The van der Waals surface area contributed by atoms with Gasteiger partial charge in [-0.05, 0) is 50.5 Å². The molecule has 0 saturated carbocycles. The van der Waals surface area contributed by atoms with E-state index in [0.29, 0.717) is 12.1 Å². The molecule has 2 amide bonds. The van der Waals surface area contributed by atoms with Gasteiger partial charge in [-0.2, -0.15) is 0 Å². The first kappa shape index (κ1) is 27.4. The SMILES string of the molecule is CC(C)(C)OC(=O)N1CCN(Cc2ccccc2)C(=O)[C@@H]1[C@@H](O)[C@H](Cc1cc(O)cc(F)c1)NCN. The quantitative estimate of drug-likeness (QED) is 0.406. The minimum absolute atomic E-state index is 0.0376. The summed E-state index contributed by atoms with van der Waals surface area (Å²) in [6, 6.07) is 10.9. The second kappa shape index (κ2) is 11.7. The third kappa shape index (κ3) is 7.16. The minimum atomic E-state index is -1.41. The second-order valence-electron chi connectivity index (χ2n) is 9.89. The Morgan fingerprint density at radius 2 is 1.89 bits per heavy atom. The Kier molecular flexibility index (Phi) is 8.89. The molecule has 196 valence electrons. The molecule has 1 aliphatic heterocycles. The van der Waals surface area contributed by atoms with Gasteiger partial charge in [-0.15, -0.1) is 0 Å². The fourth-order valence-electron chi connectivity index (χ4n) is 4.30. The second-order valence-corrected chi connectivity index (χ2v) is 9.89. The van der Waals surface area contributed by atoms with Gasteiger partial charge in [0.05, 0.1) is 6.10 Å². The number of phenolic OH excluding ortho intramolecular Hbond substituents is 1. The van der Waals surface area contributed by atoms with Gasteiger partial charge in [-0.1, -0.05) is 30.3 Å². The Morgan fingerprint density at radius 3 is 2.50 bits per heavy atom. The third-order valence-corrected chi connectivity index (χ3v) is 5.87. The van der Waals surface area contributed by atoms with Crippen molar-refractivity contribution in [3.8, 4) is 5.75 Å². The number of ether oxygens (including phenoxy) is 1. The summed E-state index contributed by atoms with van der Waals surface area (Å²) >= 11 is 0. The molecule has 10 heteroatoms. The van der Waals surface area contributed by atoms with Gasteiger partial charge in [0.1, 0.15) is 23.2 Å². The summed E-state index contributed by atoms with van der Waals surface area (Å²) in [4.78, 5) is 29.6. The number of hydrogen-bond donors (Lipinski definition) is 4. The van der Waals surface area contributed by atoms with Gasteiger partial charge in [0.15, 0.2) is 0 Å². The Bertz CT molecular complexity index is 1030. The van der Waals surface area contributed by atoms with E-state index in [0.717, 1.165) is 11.6 Å². The van der Waals surface area contributed by atoms with Crippen molar-refractivity contribution in [2.45, 2.75) is 57.5 Å². The number of carbonyl (C=O) groups is 2. The Balaban J connectivity index is 1.91. The molecule has 0 spiro atoms. The molecule has 1 aliphatic rings. The van der Waals surface area contributed by atoms with Gasteiger partial charge in [0.2, 0.25) is 5.91 Å². The molecule has 1 heterocycles. The highest BCUT2D eigenvalue weighted by atomic mass is 19.1. The topological polar surface area (TPSA) is 128 Å². The number of halogens is 1. The van der Waals surface area contributed by atoms with Crippen LogP contribution in [0.15, 0.2) is 48.5 Å². The highest BCUT2D eigenvalue weighted by Gasteiger charge is 2.45. The normalized spacial score (nSPS) is 18.2. The molecule has 2 aromatic carbocycles. The molecule has 1 fully saturated rings. The fraction of sp³-hybridized carbons (Fsp3) is 0.462. The summed E-state index contributed by atoms with van der Waals surface area (Å²) in [5.41, 5.74) is 6.21. The molecule has 0 bridgehead atoms. The maximum absolute atomic E-state index is 13.9. The van der Waals surface area contributed by atoms with Crippen molar-refractivity contribution in [1.82, 2.24) is 15.1 Å². The zero-order valence-electron chi connectivity index (χ0n) is 20.9. The van der Waals surface area contributed by atoms with Crippen LogP contribution in [0, 0.1) is 5.82 Å². The zero-order chi connectivity index (χ0) is 26.5. The molecule has 0 aromatic heterocycles. The van der Waals surface area contributed by atoms with E-state index in [9.17, 15) is 24.2 Å². The Morgan fingerprint density at radius 1 is 1.19 bits per heavy atom. The van der Waals surface area contributed by atoms with E-state index >= 15 is 0 Å². The summed E-state index contributed by atoms with van der Waals surface area (Å²) in [5, 5.41) is 24.2. The van der Waals surface area contributed by atoms with Crippen LogP contribution >= 0.6 is 0 Å². The number of carbonyl (C=O) groups excluding carboxylic acids is 2. The lowest BCUT2D eigenvalue weighted by Gasteiger charge is -2.44. The number of phenols is 1. The first-order valence-electron chi connectivity index (χ1n) is 11.9. The first-order chi connectivity index (χ1) is 17.0. The summed E-state index contributed by atoms with van der Waals surface area (Å²) in [6.45, 7) is 5.87. The van der Waals surface area contributed by atoms with Crippen LogP contribution in [0.5, 0.6) is 5.75 Å². The number of aliphatic hydroxyl groups is 1. The number of nitrogens with zero attached hydrogens (tertiary/aromatic N) is 2. The van der Waals surface area contributed by atoms with Crippen molar-refractivity contribution < 1.29 is 28.9 Å². The third-order valence-electron chi connectivity index (χ3n) is 5.87. The maximum Gasteiger partial charge on any atom is 0.411 e. The standard InChI is InChI=1S/C26H35FN4O5/c1-26(2,3)36-25(35)31-10-9-30(15-17-7-5-4-6-8-17)24(34)22(31)23(33)21(29-16-28)13-18-11-19(27)14-20(32)12-18/h4-8,11-12,14,21-23,29,32-33H,9-10,13,15-16,28H2,1-3H3/t21-,22-,23-/m0/s1. The smallest absolute Gasteiger partial charge is 0.411 e. The number of piperazine rings is 1. The molecule has 3 atom stereocenters. The van der Waals surface area contributed by atoms with Crippen LogP contribution in [-0.4, -0.2) is 75.6 Å². The molecule has 0 unspecified atom stereocenters. The molecule has 0 aliphatic carbocycles. The molecule has 36 heavy (non-hydrogen) atoms. The van der Waals surface area contributed by atoms with E-state index in [1.165, 1.54) is 17.0 Å². The van der Waals surface area contributed by atoms with Gasteiger partial charge < -0.3 is 25.6 Å². The summed E-state index contributed by atoms with van der Waals surface area (Å²) in [5.74, 6) is -1.33. The predicted molar refractivity (Wildman–Crippen MR) is 132 cm³/mol. The lowest BCUT2D eigenvalue weighted by molar-refractivity contribution is -0.148. The van der Waals surface area contributed by atoms with Gasteiger partial charge in [0.25, 0.3) is 0 Å². The maximum atomic E-state index is 13.9. The predicted octanol–water partition coefficient (Wildman–Crippen LogP) is 1.96. The van der Waals surface area contributed by atoms with Crippen LogP contribution in [0.3, 0.4) is 0 Å². The highest BCUT2D eigenvalue weighted by molar-refractivity contribution is 5.87. The molecule has 1 saturated heterocycles. The van der Waals surface area contributed by atoms with E-state index < -0.39 is 41.6 Å². The molecule has 5 N–H and O–H groups in total. The number of hydrogen-bond acceptors (Lipinski definition) is 7. The van der Waals surface area contributed by atoms with Gasteiger partial charge in [-0.25, -0.2) is 9.18 Å². The van der Waals surface area contributed by atoms with Crippen molar-refractivity contribution in [2.75, 3.05) is 19.8 Å². The van der Waals surface area contributed by atoms with Crippen LogP contribution in [0.2, 0.25) is 0 Å². The number of aliphatic hydroxyl groups excluding tert-OH is 1. The average Bonchev–Trinajstić information content (AvgIpc) is 2.78. The molecule has 9 nitrogen and oxygen atoms in total. The van der Waals surface area contributed by atoms with Crippen molar-refractivity contribution in [1.29, 1.82) is 0 Å². The van der Waals surface area contributed by atoms with E-state index in [1.807, 2.05) is 30.3 Å². The number of benzene rings is 2. The first-order valence-corrected chi connectivity index (χ1v) is 11.9. The lowest BCUT2D eigenvalue weighted by atomic mass is 9.93. The van der Waals surface area contributed by atoms with E-state index in [1.54, 1.807) is 25.7 Å². The average molecular weight is 503 g/mol. The Hall–Kier alpha value is -3.21. The monoisotopic (exact) mass is 502 g/mol. The molecule has 2 aromatic rings. The summed E-state index contributed by atoms with van der Waals surface area (Å²) in [6.07, 6.45) is -2.07. The van der Waals surface area contributed by atoms with Gasteiger partial charge >= 0.3 is 6.09 Å². The van der Waals surface area contributed by atoms with Crippen molar-refractivity contribution in [3.05, 3.63) is 65.5 Å². The highest BCUT2D eigenvalue weighted by Crippen LogP contribution is 2.24. The lowest BCUT2D eigenvalue weighted by Crippen LogP contribution is -2.66. The van der Waals surface area contributed by atoms with Crippen LogP contribution in [0.1, 0.15) is 31.9 Å². The summed E-state index contributed by atoms with van der Waals surface area (Å²) in [7, 11) is 0. The fourth-order valence-corrected chi connectivity index (χ4v) is 4.30. The Labute approximate surface area is 210 Å². The molecular weight excluding hydrogens is 467 g/mol. The number of nitrogens with one attached hydrogen (secondary N) is 1. The van der Waals surface area contributed by atoms with Crippen molar-refractivity contribution in [2.24, 2.45) is 5.73 Å². The molecule has 3 rings (SSSR count). The van der Waals surface area contributed by atoms with Crippen LogP contribution in [0.4, 0.5) is 9.18 Å². The minimum Gasteiger partial charge on any atom is -0.508 e. The van der Waals surface area contributed by atoms with Gasteiger partial charge in [0, 0.05) is 38.4 Å². The van der Waals surface area contributed by atoms with E-state index in [-0.39, 0.29) is 31.9 Å². The number of nitrogens with two attached hydrogens (primary N) is 1. The largest absolute Gasteiger partial charge is 0.508 e. The van der Waals surface area contributed by atoms with Crippen molar-refractivity contribution in [3.63, 3.8) is 0 Å². The van der Waals surface area contributed by atoms with E-state index in [2.05, 4.69) is 5.32 Å². The van der Waals surface area contributed by atoms with Gasteiger partial charge in [-0.3, -0.25) is 15.0 Å². The number of rotatable bonds is 8. The number of aromatic hydroxyl groups is 1. The summed E-state index contributed by atoms with van der Waals surface area (Å²) < 4.78 is 19.4. The van der Waals surface area contributed by atoms with Crippen LogP contribution in [-0.2, 0) is 22.5 Å². The van der Waals surface area contributed by atoms with Crippen LogP contribution in [0.25, 0.3) is 0 Å². The zero-order valence-corrected chi connectivity index (χ0v) is 20.9. The van der Waals surface area contributed by atoms with E-state index in [4.69, 9.17) is 10.5 Å². The van der Waals surface area contributed by atoms with Crippen LogP contribution < -0.4 is 11.1 Å². The molecular formula is C26H35FN4O5.